The molecule has 0 bridgehead atoms. The topological polar surface area (TPSA) is 108 Å². The maximum Gasteiger partial charge on any atom is 0.339 e. The Labute approximate surface area is 167 Å². The van der Waals surface area contributed by atoms with E-state index in [2.05, 4.69) is 5.32 Å². The Morgan fingerprint density at radius 2 is 1.59 bits per heavy atom. The molecule has 0 aromatic heterocycles. The van der Waals surface area contributed by atoms with Gasteiger partial charge in [-0.15, -0.1) is 0 Å². The summed E-state index contributed by atoms with van der Waals surface area (Å²) in [6.45, 7) is 1.48. The Kier molecular flexibility index (Phi) is 5.78. The smallest absolute Gasteiger partial charge is 0.339 e. The summed E-state index contributed by atoms with van der Waals surface area (Å²) in [5.41, 5.74) is 6.31. The first-order chi connectivity index (χ1) is 13.9. The second-order valence-electron chi connectivity index (χ2n) is 6.34. The molecule has 0 fully saturated rings. The van der Waals surface area contributed by atoms with Crippen molar-refractivity contribution >= 4 is 34.2 Å². The monoisotopic (exact) mass is 392 g/mol. The Hall–Kier alpha value is -3.87. The highest BCUT2D eigenvalue weighted by atomic mass is 16.5. The summed E-state index contributed by atoms with van der Waals surface area (Å²) in [4.78, 5) is 36.1. The quantitative estimate of drug-likeness (QED) is 0.627. The molecule has 3 aromatic carbocycles. The first kappa shape index (κ1) is 19.9. The van der Waals surface area contributed by atoms with E-state index in [0.717, 1.165) is 5.39 Å². The van der Waals surface area contributed by atoms with Gasteiger partial charge in [-0.1, -0.05) is 24.3 Å². The number of nitrogens with two attached hydrogens (primary N) is 1. The van der Waals surface area contributed by atoms with Gasteiger partial charge in [0.25, 0.3) is 5.91 Å². The lowest BCUT2D eigenvalue weighted by molar-refractivity contribution is -0.123. The van der Waals surface area contributed by atoms with Gasteiger partial charge in [0.1, 0.15) is 5.75 Å². The second kappa shape index (κ2) is 8.43. The van der Waals surface area contributed by atoms with Crippen LogP contribution in [-0.4, -0.2) is 31.0 Å². The predicted molar refractivity (Wildman–Crippen MR) is 109 cm³/mol. The van der Waals surface area contributed by atoms with Crippen molar-refractivity contribution in [2.45, 2.75) is 13.0 Å². The number of anilines is 1. The second-order valence-corrected chi connectivity index (χ2v) is 6.34. The van der Waals surface area contributed by atoms with Gasteiger partial charge in [-0.25, -0.2) is 4.79 Å². The molecular weight excluding hydrogens is 372 g/mol. The van der Waals surface area contributed by atoms with E-state index in [0.29, 0.717) is 28.0 Å². The van der Waals surface area contributed by atoms with Crippen molar-refractivity contribution in [2.24, 2.45) is 5.73 Å². The van der Waals surface area contributed by atoms with Crippen molar-refractivity contribution in [1.82, 2.24) is 0 Å². The maximum absolute atomic E-state index is 12.7. The number of nitrogens with one attached hydrogen (secondary N) is 1. The zero-order valence-electron chi connectivity index (χ0n) is 16.0. The summed E-state index contributed by atoms with van der Waals surface area (Å²) in [6.07, 6.45) is -1.03. The van der Waals surface area contributed by atoms with Crippen LogP contribution in [0.1, 0.15) is 27.6 Å². The number of carbonyl (C=O) groups excluding carboxylic acids is 3. The molecule has 3 aromatic rings. The zero-order valence-corrected chi connectivity index (χ0v) is 16.0. The number of methoxy groups -OCH3 is 1. The van der Waals surface area contributed by atoms with Gasteiger partial charge < -0.3 is 20.5 Å². The van der Waals surface area contributed by atoms with E-state index in [9.17, 15) is 14.4 Å². The molecule has 3 rings (SSSR count). The molecule has 7 nitrogen and oxygen atoms in total. The minimum absolute atomic E-state index is 0.328. The Bertz CT molecular complexity index is 1080. The number of esters is 1. The van der Waals surface area contributed by atoms with Crippen molar-refractivity contribution in [1.29, 1.82) is 0 Å². The van der Waals surface area contributed by atoms with Gasteiger partial charge in [0.15, 0.2) is 6.10 Å². The lowest BCUT2D eigenvalue weighted by Gasteiger charge is -2.15. The van der Waals surface area contributed by atoms with Crippen LogP contribution in [0.2, 0.25) is 0 Å². The molecule has 0 heterocycles. The minimum Gasteiger partial charge on any atom is -0.496 e. The van der Waals surface area contributed by atoms with Gasteiger partial charge in [0.05, 0.1) is 12.7 Å². The molecule has 0 aliphatic rings. The van der Waals surface area contributed by atoms with Crippen molar-refractivity contribution in [3.63, 3.8) is 0 Å². The lowest BCUT2D eigenvalue weighted by atomic mass is 10.0. The number of carbonyl (C=O) groups is 3. The molecule has 0 saturated heterocycles. The number of amides is 2. The molecule has 0 radical (unpaired) electrons. The van der Waals surface area contributed by atoms with Gasteiger partial charge in [-0.3, -0.25) is 9.59 Å². The summed E-state index contributed by atoms with van der Waals surface area (Å²) in [6, 6.07) is 16.7. The van der Waals surface area contributed by atoms with Crippen LogP contribution in [-0.2, 0) is 9.53 Å². The van der Waals surface area contributed by atoms with Crippen molar-refractivity contribution in [3.05, 3.63) is 71.8 Å². The molecule has 2 amide bonds. The molecule has 0 aliphatic carbocycles. The zero-order chi connectivity index (χ0) is 21.0. The number of primary amides is 1. The molecule has 0 aliphatic heterocycles. The number of fused-ring (bicyclic) bond motifs is 1. The van der Waals surface area contributed by atoms with Gasteiger partial charge >= 0.3 is 5.97 Å². The maximum atomic E-state index is 12.7. The Morgan fingerprint density at radius 3 is 2.21 bits per heavy atom. The fraction of sp³-hybridized carbons (Fsp3) is 0.136. The van der Waals surface area contributed by atoms with Crippen LogP contribution in [0, 0.1) is 0 Å². The molecule has 3 N–H and O–H groups in total. The highest BCUT2D eigenvalue weighted by Gasteiger charge is 2.21. The van der Waals surface area contributed by atoms with Crippen molar-refractivity contribution in [2.75, 3.05) is 12.4 Å². The number of ether oxygens (including phenoxy) is 2. The van der Waals surface area contributed by atoms with E-state index in [-0.39, 0.29) is 0 Å². The van der Waals surface area contributed by atoms with Crippen LogP contribution >= 0.6 is 0 Å². The van der Waals surface area contributed by atoms with Crippen LogP contribution < -0.4 is 15.8 Å². The van der Waals surface area contributed by atoms with Crippen LogP contribution in [0.25, 0.3) is 10.8 Å². The summed E-state index contributed by atoms with van der Waals surface area (Å²) in [7, 11) is 1.56. The number of hydrogen-bond acceptors (Lipinski definition) is 5. The van der Waals surface area contributed by atoms with Gasteiger partial charge in [0.2, 0.25) is 5.91 Å². The Morgan fingerprint density at radius 1 is 0.931 bits per heavy atom. The van der Waals surface area contributed by atoms with E-state index in [1.165, 1.54) is 19.1 Å². The van der Waals surface area contributed by atoms with Gasteiger partial charge in [0, 0.05) is 16.6 Å². The van der Waals surface area contributed by atoms with E-state index in [4.69, 9.17) is 15.2 Å². The normalized spacial score (nSPS) is 11.5. The predicted octanol–water partition coefficient (Wildman–Crippen LogP) is 3.13. The van der Waals surface area contributed by atoms with Crippen LogP contribution in [0.4, 0.5) is 5.69 Å². The third kappa shape index (κ3) is 4.35. The first-order valence-electron chi connectivity index (χ1n) is 8.88. The minimum atomic E-state index is -1.03. The van der Waals surface area contributed by atoms with E-state index in [1.54, 1.807) is 37.4 Å². The molecule has 1 atom stereocenters. The molecule has 0 unspecified atom stereocenters. The standard InChI is InChI=1S/C22H20N2O5/c1-13(21(26)24-15-9-7-14(8-10-15)20(23)25)29-22(27)18-11-12-19(28-2)17-6-4-3-5-16(17)18/h3-13H,1-2H3,(H2,23,25)(H,24,26)/t13-/m0/s1. The molecule has 29 heavy (non-hydrogen) atoms. The summed E-state index contributed by atoms with van der Waals surface area (Å²) in [5, 5.41) is 4.08. The fourth-order valence-electron chi connectivity index (χ4n) is 2.87. The molecular formula is C22H20N2O5. The lowest BCUT2D eigenvalue weighted by Crippen LogP contribution is -2.30. The SMILES string of the molecule is COc1ccc(C(=O)O[C@@H](C)C(=O)Nc2ccc(C(N)=O)cc2)c2ccccc12. The highest BCUT2D eigenvalue weighted by molar-refractivity contribution is 6.07. The molecule has 0 spiro atoms. The third-order valence-corrected chi connectivity index (χ3v) is 4.41. The van der Waals surface area contributed by atoms with Crippen LogP contribution in [0.15, 0.2) is 60.7 Å². The average Bonchev–Trinajstić information content (AvgIpc) is 2.73. The van der Waals surface area contributed by atoms with Gasteiger partial charge in [-0.2, -0.15) is 0 Å². The van der Waals surface area contributed by atoms with E-state index < -0.39 is 23.9 Å². The molecule has 0 saturated carbocycles. The average molecular weight is 392 g/mol. The molecule has 7 heteroatoms. The fourth-order valence-corrected chi connectivity index (χ4v) is 2.87. The summed E-state index contributed by atoms with van der Waals surface area (Å²) < 4.78 is 10.7. The third-order valence-electron chi connectivity index (χ3n) is 4.41. The van der Waals surface area contributed by atoms with E-state index in [1.807, 2.05) is 18.2 Å². The number of hydrogen-bond donors (Lipinski definition) is 2. The Balaban J connectivity index is 1.72. The summed E-state index contributed by atoms with van der Waals surface area (Å²) in [5.74, 6) is -1.03. The highest BCUT2D eigenvalue weighted by Crippen LogP contribution is 2.29. The first-order valence-corrected chi connectivity index (χ1v) is 8.88. The van der Waals surface area contributed by atoms with Crippen LogP contribution in [0.3, 0.4) is 0 Å². The number of benzene rings is 3. The summed E-state index contributed by atoms with van der Waals surface area (Å²) >= 11 is 0. The largest absolute Gasteiger partial charge is 0.496 e. The van der Waals surface area contributed by atoms with Gasteiger partial charge in [-0.05, 0) is 48.7 Å². The van der Waals surface area contributed by atoms with Crippen molar-refractivity contribution in [3.8, 4) is 5.75 Å². The molecule has 148 valence electrons. The van der Waals surface area contributed by atoms with Crippen LogP contribution in [0.5, 0.6) is 5.75 Å². The number of rotatable bonds is 6. The van der Waals surface area contributed by atoms with E-state index >= 15 is 0 Å². The van der Waals surface area contributed by atoms with Crippen molar-refractivity contribution < 1.29 is 23.9 Å².